The van der Waals surface area contributed by atoms with Gasteiger partial charge < -0.3 is 4.57 Å². The van der Waals surface area contributed by atoms with Crippen LogP contribution in [0.15, 0.2) is 66.6 Å². The van der Waals surface area contributed by atoms with E-state index in [0.717, 1.165) is 17.0 Å². The zero-order chi connectivity index (χ0) is 21.6. The second-order valence-corrected chi connectivity index (χ2v) is 8.28. The highest BCUT2D eigenvalue weighted by Crippen LogP contribution is 2.19. The van der Waals surface area contributed by atoms with Crippen molar-refractivity contribution in [2.75, 3.05) is 5.32 Å². The second kappa shape index (κ2) is 9.49. The van der Waals surface area contributed by atoms with Gasteiger partial charge in [0.25, 0.3) is 5.91 Å². The van der Waals surface area contributed by atoms with Gasteiger partial charge in [0.1, 0.15) is 5.69 Å². The molecule has 0 unspecified atom stereocenters. The largest absolute Gasteiger partial charge is 0.339 e. The van der Waals surface area contributed by atoms with Gasteiger partial charge >= 0.3 is 0 Å². The molecule has 1 N–H and O–H groups in total. The summed E-state index contributed by atoms with van der Waals surface area (Å²) in [6.45, 7) is 4.87. The molecule has 7 heteroatoms. The van der Waals surface area contributed by atoms with Gasteiger partial charge in [-0.15, -0.1) is 11.3 Å². The standard InChI is InChI=1S/C24H23N5OS/c1-17(2)19-7-8-20(26-14-19)9-10-21-16-31-24(27-21)28-23(30)22-6-4-12-29(22)15-18-5-3-11-25-13-18/h3-14,16-17H,15H2,1-2H3,(H,27,28,30). The molecule has 4 aromatic rings. The van der Waals surface area contributed by atoms with E-state index < -0.39 is 0 Å². The molecule has 1 amide bonds. The van der Waals surface area contributed by atoms with Crippen LogP contribution in [-0.4, -0.2) is 25.4 Å². The van der Waals surface area contributed by atoms with Crippen LogP contribution in [-0.2, 0) is 6.54 Å². The van der Waals surface area contributed by atoms with Crippen LogP contribution in [0.3, 0.4) is 0 Å². The summed E-state index contributed by atoms with van der Waals surface area (Å²) in [6.07, 6.45) is 11.1. The van der Waals surface area contributed by atoms with E-state index >= 15 is 0 Å². The molecule has 0 bridgehead atoms. The molecule has 4 aromatic heterocycles. The summed E-state index contributed by atoms with van der Waals surface area (Å²) in [6, 6.07) is 11.6. The Morgan fingerprint density at radius 1 is 1.13 bits per heavy atom. The molecule has 6 nitrogen and oxygen atoms in total. The van der Waals surface area contributed by atoms with Crippen molar-refractivity contribution in [1.29, 1.82) is 0 Å². The van der Waals surface area contributed by atoms with Gasteiger partial charge in [-0.05, 0) is 53.5 Å². The molecule has 0 atom stereocenters. The number of carbonyl (C=O) groups is 1. The Morgan fingerprint density at radius 2 is 2.00 bits per heavy atom. The van der Waals surface area contributed by atoms with Crippen molar-refractivity contribution in [2.45, 2.75) is 26.3 Å². The smallest absolute Gasteiger partial charge is 0.274 e. The highest BCUT2D eigenvalue weighted by Gasteiger charge is 2.13. The average molecular weight is 430 g/mol. The maximum absolute atomic E-state index is 12.8. The zero-order valence-corrected chi connectivity index (χ0v) is 18.2. The number of hydrogen-bond acceptors (Lipinski definition) is 5. The Kier molecular flexibility index (Phi) is 6.33. The fourth-order valence-corrected chi connectivity index (χ4v) is 3.73. The van der Waals surface area contributed by atoms with Crippen molar-refractivity contribution in [2.24, 2.45) is 0 Å². The van der Waals surface area contributed by atoms with Gasteiger partial charge in [-0.2, -0.15) is 0 Å². The van der Waals surface area contributed by atoms with E-state index in [-0.39, 0.29) is 5.91 Å². The Bertz CT molecular complexity index is 1180. The number of anilines is 1. The van der Waals surface area contributed by atoms with Gasteiger partial charge in [0.15, 0.2) is 5.13 Å². The lowest BCUT2D eigenvalue weighted by atomic mass is 10.1. The fourth-order valence-electron chi connectivity index (χ4n) is 3.06. The van der Waals surface area contributed by atoms with Crippen LogP contribution in [0.25, 0.3) is 12.2 Å². The fraction of sp³-hybridized carbons (Fsp3) is 0.167. The molecule has 31 heavy (non-hydrogen) atoms. The Hall–Kier alpha value is -3.58. The van der Waals surface area contributed by atoms with E-state index in [0.29, 0.717) is 23.3 Å². The van der Waals surface area contributed by atoms with E-state index in [1.165, 1.54) is 16.9 Å². The molecule has 0 aliphatic rings. The lowest BCUT2D eigenvalue weighted by Crippen LogP contribution is -2.17. The maximum atomic E-state index is 12.8. The second-order valence-electron chi connectivity index (χ2n) is 7.42. The van der Waals surface area contributed by atoms with E-state index in [2.05, 4.69) is 40.2 Å². The third-order valence-corrected chi connectivity index (χ3v) is 5.56. The molecule has 0 radical (unpaired) electrons. The third kappa shape index (κ3) is 5.32. The van der Waals surface area contributed by atoms with E-state index in [4.69, 9.17) is 0 Å². The quantitative estimate of drug-likeness (QED) is 0.431. The Morgan fingerprint density at radius 3 is 2.74 bits per heavy atom. The summed E-state index contributed by atoms with van der Waals surface area (Å²) in [7, 11) is 0. The molecule has 0 spiro atoms. The minimum atomic E-state index is -0.190. The van der Waals surface area contributed by atoms with Crippen molar-refractivity contribution in [1.82, 2.24) is 19.5 Å². The van der Waals surface area contributed by atoms with Crippen LogP contribution in [0.4, 0.5) is 5.13 Å². The van der Waals surface area contributed by atoms with Gasteiger partial charge in [-0.1, -0.05) is 26.0 Å². The molecule has 0 aliphatic carbocycles. The van der Waals surface area contributed by atoms with E-state index in [1.54, 1.807) is 18.5 Å². The normalized spacial score (nSPS) is 11.3. The van der Waals surface area contributed by atoms with E-state index in [1.807, 2.05) is 58.8 Å². The number of pyridine rings is 2. The third-order valence-electron chi connectivity index (χ3n) is 4.78. The first-order valence-corrected chi connectivity index (χ1v) is 10.9. The first-order chi connectivity index (χ1) is 15.1. The molecular formula is C24H23N5OS. The first-order valence-electron chi connectivity index (χ1n) is 10.0. The van der Waals surface area contributed by atoms with Crippen LogP contribution in [0, 0.1) is 0 Å². The van der Waals surface area contributed by atoms with Crippen molar-refractivity contribution in [3.05, 3.63) is 94.8 Å². The highest BCUT2D eigenvalue weighted by molar-refractivity contribution is 7.14. The molecule has 0 saturated heterocycles. The SMILES string of the molecule is CC(C)c1ccc(C=Cc2csc(NC(=O)c3cccn3Cc3cccnc3)n2)nc1. The number of aromatic nitrogens is 4. The van der Waals surface area contributed by atoms with Gasteiger partial charge in [0.2, 0.25) is 0 Å². The van der Waals surface area contributed by atoms with Crippen molar-refractivity contribution in [3.8, 4) is 0 Å². The molecular weight excluding hydrogens is 406 g/mol. The monoisotopic (exact) mass is 429 g/mol. The minimum Gasteiger partial charge on any atom is -0.339 e. The van der Waals surface area contributed by atoms with Crippen LogP contribution < -0.4 is 5.32 Å². The molecule has 4 heterocycles. The van der Waals surface area contributed by atoms with Crippen LogP contribution in [0.1, 0.15) is 52.8 Å². The molecule has 0 aromatic carbocycles. The van der Waals surface area contributed by atoms with Gasteiger partial charge in [-0.25, -0.2) is 4.98 Å². The predicted molar refractivity (Wildman–Crippen MR) is 125 cm³/mol. The number of hydrogen-bond donors (Lipinski definition) is 1. The number of nitrogens with zero attached hydrogens (tertiary/aromatic N) is 4. The number of nitrogens with one attached hydrogen (secondary N) is 1. The van der Waals surface area contributed by atoms with Gasteiger partial charge in [0, 0.05) is 36.7 Å². The average Bonchev–Trinajstić information content (AvgIpc) is 3.42. The molecule has 0 fully saturated rings. The topological polar surface area (TPSA) is 72.7 Å². The number of carbonyl (C=O) groups excluding carboxylic acids is 1. The lowest BCUT2D eigenvalue weighted by Gasteiger charge is -2.08. The lowest BCUT2D eigenvalue weighted by molar-refractivity contribution is 0.101. The highest BCUT2D eigenvalue weighted by atomic mass is 32.1. The van der Waals surface area contributed by atoms with E-state index in [9.17, 15) is 4.79 Å². The zero-order valence-electron chi connectivity index (χ0n) is 17.4. The van der Waals surface area contributed by atoms with Crippen molar-refractivity contribution < 1.29 is 4.79 Å². The summed E-state index contributed by atoms with van der Waals surface area (Å²) in [5, 5.41) is 5.35. The van der Waals surface area contributed by atoms with Crippen molar-refractivity contribution in [3.63, 3.8) is 0 Å². The number of thiazole rings is 1. The molecule has 156 valence electrons. The maximum Gasteiger partial charge on any atom is 0.274 e. The summed E-state index contributed by atoms with van der Waals surface area (Å²) in [5.74, 6) is 0.269. The number of amides is 1. The van der Waals surface area contributed by atoms with Crippen LogP contribution in [0.5, 0.6) is 0 Å². The molecule has 0 aliphatic heterocycles. The van der Waals surface area contributed by atoms with Gasteiger partial charge in [0.05, 0.1) is 11.4 Å². The summed E-state index contributed by atoms with van der Waals surface area (Å²) in [4.78, 5) is 25.8. The molecule has 4 rings (SSSR count). The minimum absolute atomic E-state index is 0.190. The Labute approximate surface area is 185 Å². The predicted octanol–water partition coefficient (Wildman–Crippen LogP) is 5.33. The summed E-state index contributed by atoms with van der Waals surface area (Å²) >= 11 is 1.39. The first kappa shape index (κ1) is 20.7. The van der Waals surface area contributed by atoms with Crippen LogP contribution in [0.2, 0.25) is 0 Å². The summed E-state index contributed by atoms with van der Waals surface area (Å²) < 4.78 is 1.90. The summed E-state index contributed by atoms with van der Waals surface area (Å²) in [5.41, 5.74) is 4.47. The molecule has 0 saturated carbocycles. The van der Waals surface area contributed by atoms with Gasteiger partial charge in [-0.3, -0.25) is 20.1 Å². The van der Waals surface area contributed by atoms with Crippen LogP contribution >= 0.6 is 11.3 Å². The number of rotatable bonds is 7. The Balaban J connectivity index is 1.40. The van der Waals surface area contributed by atoms with Crippen molar-refractivity contribution >= 4 is 34.5 Å².